The van der Waals surface area contributed by atoms with Gasteiger partial charge in [-0.25, -0.2) is 0 Å². The number of halogens is 6. The van der Waals surface area contributed by atoms with E-state index in [1.54, 1.807) is 6.92 Å². The lowest BCUT2D eigenvalue weighted by molar-refractivity contribution is -0.273. The largest absolute Gasteiger partial charge is 0.407 e. The van der Waals surface area contributed by atoms with Gasteiger partial charge < -0.3 is 0 Å². The second kappa shape index (κ2) is 5.45. The van der Waals surface area contributed by atoms with Crippen LogP contribution in [0.25, 0.3) is 0 Å². The zero-order valence-corrected chi connectivity index (χ0v) is 10.6. The van der Waals surface area contributed by atoms with E-state index in [2.05, 4.69) is 5.10 Å². The summed E-state index contributed by atoms with van der Waals surface area (Å²) in [5.74, 6) is -5.89. The maximum absolute atomic E-state index is 12.4. The quantitative estimate of drug-likeness (QED) is 0.801. The van der Waals surface area contributed by atoms with E-state index in [-0.39, 0.29) is 12.2 Å². The number of rotatable bonds is 4. The zero-order chi connectivity index (χ0) is 15.7. The van der Waals surface area contributed by atoms with Crippen LogP contribution in [0.5, 0.6) is 0 Å². The number of nitrogens with zero attached hydrogens (tertiary/aromatic N) is 2. The van der Waals surface area contributed by atoms with Crippen LogP contribution in [0, 0.1) is 12.8 Å². The Balaban J connectivity index is 3.03. The molecule has 0 aliphatic rings. The van der Waals surface area contributed by atoms with E-state index in [4.69, 9.17) is 0 Å². The first-order chi connectivity index (χ1) is 8.96. The van der Waals surface area contributed by atoms with Crippen LogP contribution in [0.15, 0.2) is 6.07 Å². The highest BCUT2D eigenvalue weighted by Crippen LogP contribution is 2.40. The van der Waals surface area contributed by atoms with E-state index < -0.39 is 30.5 Å². The molecule has 0 N–H and O–H groups in total. The van der Waals surface area contributed by atoms with Crippen molar-refractivity contribution in [3.63, 3.8) is 0 Å². The van der Waals surface area contributed by atoms with Gasteiger partial charge in [-0.2, -0.15) is 31.4 Å². The number of alkyl halides is 6. The lowest BCUT2D eigenvalue weighted by Gasteiger charge is -2.21. The lowest BCUT2D eigenvalue weighted by Crippen LogP contribution is -2.43. The Morgan fingerprint density at radius 1 is 1.25 bits per heavy atom. The first kappa shape index (κ1) is 16.5. The summed E-state index contributed by atoms with van der Waals surface area (Å²) in [7, 11) is 0. The number of aromatic nitrogens is 2. The van der Waals surface area contributed by atoms with Crippen molar-refractivity contribution < 1.29 is 31.1 Å². The molecule has 1 aromatic heterocycles. The van der Waals surface area contributed by atoms with Crippen molar-refractivity contribution in [2.45, 2.75) is 39.2 Å². The van der Waals surface area contributed by atoms with Gasteiger partial charge in [0.15, 0.2) is 5.78 Å². The Morgan fingerprint density at radius 3 is 2.15 bits per heavy atom. The molecule has 0 radical (unpaired) electrons. The molecule has 114 valence electrons. The van der Waals surface area contributed by atoms with E-state index >= 15 is 0 Å². The molecule has 0 aliphatic heterocycles. The molecule has 0 spiro atoms. The van der Waals surface area contributed by atoms with Crippen molar-refractivity contribution in [3.8, 4) is 0 Å². The lowest BCUT2D eigenvalue weighted by atomic mass is 9.99. The average molecular weight is 302 g/mol. The van der Waals surface area contributed by atoms with Gasteiger partial charge in [0.05, 0.1) is 5.69 Å². The molecule has 0 saturated carbocycles. The van der Waals surface area contributed by atoms with Crippen molar-refractivity contribution >= 4 is 5.78 Å². The van der Waals surface area contributed by atoms with Gasteiger partial charge in [0.2, 0.25) is 5.92 Å². The fraction of sp³-hybridized carbons (Fsp3) is 0.636. The minimum Gasteiger partial charge on any atom is -0.298 e. The second-order valence-electron chi connectivity index (χ2n) is 4.25. The molecule has 0 saturated heterocycles. The van der Waals surface area contributed by atoms with Gasteiger partial charge in [-0.15, -0.1) is 0 Å². The second-order valence-corrected chi connectivity index (χ2v) is 4.25. The van der Waals surface area contributed by atoms with E-state index in [0.717, 1.165) is 0 Å². The predicted octanol–water partition coefficient (Wildman–Crippen LogP) is 3.06. The van der Waals surface area contributed by atoms with Gasteiger partial charge >= 0.3 is 12.4 Å². The third-order valence-corrected chi connectivity index (χ3v) is 2.62. The molecule has 3 nitrogen and oxygen atoms in total. The maximum atomic E-state index is 12.4. The Bertz CT molecular complexity index is 474. The summed E-state index contributed by atoms with van der Waals surface area (Å²) in [6.07, 6.45) is -12.3. The van der Waals surface area contributed by atoms with Crippen LogP contribution in [0.2, 0.25) is 0 Å². The van der Waals surface area contributed by atoms with Gasteiger partial charge in [-0.05, 0) is 19.9 Å². The number of carbonyl (C=O) groups excluding carboxylic acids is 1. The van der Waals surface area contributed by atoms with Crippen LogP contribution in [0.1, 0.15) is 18.3 Å². The number of ketones is 1. The van der Waals surface area contributed by atoms with Crippen molar-refractivity contribution in [1.82, 2.24) is 9.78 Å². The highest BCUT2D eigenvalue weighted by atomic mass is 19.4. The molecule has 0 unspecified atom stereocenters. The van der Waals surface area contributed by atoms with Crippen molar-refractivity contribution in [2.24, 2.45) is 5.92 Å². The van der Waals surface area contributed by atoms with Gasteiger partial charge in [-0.1, -0.05) is 0 Å². The Morgan fingerprint density at radius 2 is 1.75 bits per heavy atom. The number of aryl methyl sites for hydroxylation is 2. The molecular formula is C11H12F6N2O. The molecular weight excluding hydrogens is 290 g/mol. The fourth-order valence-electron chi connectivity index (χ4n) is 1.85. The molecule has 20 heavy (non-hydrogen) atoms. The summed E-state index contributed by atoms with van der Waals surface area (Å²) < 4.78 is 75.6. The number of Topliss-reactive ketones (excluding diaryl/α,β-unsaturated/α-hetero) is 1. The van der Waals surface area contributed by atoms with Crippen LogP contribution in [-0.2, 0) is 17.8 Å². The van der Waals surface area contributed by atoms with Crippen molar-refractivity contribution in [1.29, 1.82) is 0 Å². The Labute approximate surface area is 110 Å². The van der Waals surface area contributed by atoms with E-state index in [0.29, 0.717) is 5.69 Å². The van der Waals surface area contributed by atoms with Gasteiger partial charge in [0.25, 0.3) is 0 Å². The number of hydrogen-bond acceptors (Lipinski definition) is 2. The highest BCUT2D eigenvalue weighted by Gasteiger charge is 2.60. The summed E-state index contributed by atoms with van der Waals surface area (Å²) in [5.41, 5.74) is 0.457. The van der Waals surface area contributed by atoms with Crippen LogP contribution in [0.3, 0.4) is 0 Å². The molecule has 9 heteroatoms. The number of carbonyl (C=O) groups is 1. The first-order valence-corrected chi connectivity index (χ1v) is 5.66. The van der Waals surface area contributed by atoms with Crippen LogP contribution in [-0.4, -0.2) is 27.9 Å². The van der Waals surface area contributed by atoms with Gasteiger partial charge in [-0.3, -0.25) is 9.48 Å². The Kier molecular flexibility index (Phi) is 4.50. The molecule has 0 atom stereocenters. The minimum absolute atomic E-state index is 0.0356. The number of hydrogen-bond donors (Lipinski definition) is 0. The third-order valence-electron chi connectivity index (χ3n) is 2.62. The minimum atomic E-state index is -5.65. The highest BCUT2D eigenvalue weighted by molar-refractivity contribution is 5.84. The topological polar surface area (TPSA) is 34.9 Å². The van der Waals surface area contributed by atoms with Gasteiger partial charge in [0, 0.05) is 18.7 Å². The summed E-state index contributed by atoms with van der Waals surface area (Å²) in [6.45, 7) is 3.40. The van der Waals surface area contributed by atoms with Crippen molar-refractivity contribution in [3.05, 3.63) is 17.5 Å². The monoisotopic (exact) mass is 302 g/mol. The van der Waals surface area contributed by atoms with Crippen molar-refractivity contribution in [2.75, 3.05) is 0 Å². The summed E-state index contributed by atoms with van der Waals surface area (Å²) in [5, 5.41) is 3.87. The summed E-state index contributed by atoms with van der Waals surface area (Å²) in [6, 6.07) is 1.30. The molecule has 1 rings (SSSR count). The normalized spacial score (nSPS) is 13.1. The van der Waals surface area contributed by atoms with E-state index in [1.807, 2.05) is 0 Å². The molecule has 1 aromatic rings. The average Bonchev–Trinajstić information content (AvgIpc) is 2.53. The molecule has 0 amide bonds. The third kappa shape index (κ3) is 3.73. The van der Waals surface area contributed by atoms with Crippen LogP contribution in [0.4, 0.5) is 26.3 Å². The molecule has 0 aliphatic carbocycles. The molecule has 0 bridgehead atoms. The first-order valence-electron chi connectivity index (χ1n) is 5.66. The summed E-state index contributed by atoms with van der Waals surface area (Å²) >= 11 is 0. The smallest absolute Gasteiger partial charge is 0.298 e. The Hall–Kier alpha value is -1.54. The standard InChI is InChI=1S/C11H12F6N2O/c1-3-19-7(4-6(2)18-19)5-8(20)9(10(12,13)14)11(15,16)17/h4,9H,3,5H2,1-2H3. The van der Waals surface area contributed by atoms with Gasteiger partial charge in [0.1, 0.15) is 0 Å². The molecule has 0 aromatic carbocycles. The van der Waals surface area contributed by atoms with Crippen LogP contribution < -0.4 is 0 Å². The SMILES string of the molecule is CCn1nc(C)cc1CC(=O)C(C(F)(F)F)C(F)(F)F. The predicted molar refractivity (Wildman–Crippen MR) is 56.9 cm³/mol. The van der Waals surface area contributed by atoms with E-state index in [9.17, 15) is 31.1 Å². The molecule has 0 fully saturated rings. The van der Waals surface area contributed by atoms with E-state index in [1.165, 1.54) is 17.7 Å². The fourth-order valence-corrected chi connectivity index (χ4v) is 1.85. The van der Waals surface area contributed by atoms with Crippen LogP contribution >= 0.6 is 0 Å². The zero-order valence-electron chi connectivity index (χ0n) is 10.6. The summed E-state index contributed by atoms with van der Waals surface area (Å²) in [4.78, 5) is 11.4. The molecule has 1 heterocycles. The maximum Gasteiger partial charge on any atom is 0.407 e.